The molecular weight excluding hydrogens is 448 g/mol. The summed E-state index contributed by atoms with van der Waals surface area (Å²) in [6, 6.07) is 0. The molecule has 0 aromatic heterocycles. The molecule has 0 saturated heterocycles. The normalized spacial score (nSPS) is 12.3. The third kappa shape index (κ3) is 27.3. The first-order valence-electron chi connectivity index (χ1n) is 15.7. The van der Waals surface area contributed by atoms with Crippen molar-refractivity contribution in [2.45, 2.75) is 180 Å². The molecule has 212 valence electrons. The van der Waals surface area contributed by atoms with Crippen molar-refractivity contribution >= 4 is 11.9 Å². The summed E-state index contributed by atoms with van der Waals surface area (Å²) in [6.07, 6.45) is 32.1. The molecule has 0 spiro atoms. The molecule has 0 aliphatic heterocycles. The molecule has 4 heteroatoms. The molecule has 0 aromatic rings. The molecule has 0 saturated carbocycles. The van der Waals surface area contributed by atoms with Crippen molar-refractivity contribution in [1.82, 2.24) is 0 Å². The molecule has 0 fully saturated rings. The number of carboxylic acids is 1. The molecule has 36 heavy (non-hydrogen) atoms. The monoisotopic (exact) mass is 508 g/mol. The van der Waals surface area contributed by atoms with Crippen LogP contribution in [0.5, 0.6) is 0 Å². The quantitative estimate of drug-likeness (QED) is 0.0648. The topological polar surface area (TPSA) is 63.6 Å². The van der Waals surface area contributed by atoms with Crippen LogP contribution in [0.25, 0.3) is 0 Å². The van der Waals surface area contributed by atoms with Gasteiger partial charge in [-0.1, -0.05) is 109 Å². The average molecular weight is 509 g/mol. The van der Waals surface area contributed by atoms with Gasteiger partial charge in [0.15, 0.2) is 0 Å². The van der Waals surface area contributed by atoms with Crippen LogP contribution in [-0.4, -0.2) is 23.1 Å². The number of allylic oxidation sites excluding steroid dienone is 2. The van der Waals surface area contributed by atoms with E-state index in [1.165, 1.54) is 96.3 Å². The fourth-order valence-corrected chi connectivity index (χ4v) is 4.65. The van der Waals surface area contributed by atoms with E-state index in [9.17, 15) is 9.59 Å². The van der Waals surface area contributed by atoms with Gasteiger partial charge >= 0.3 is 11.9 Å². The molecule has 0 radical (unpaired) electrons. The predicted molar refractivity (Wildman–Crippen MR) is 153 cm³/mol. The number of hydrogen-bond donors (Lipinski definition) is 1. The lowest BCUT2D eigenvalue weighted by Gasteiger charge is -2.18. The smallest absolute Gasteiger partial charge is 0.306 e. The first-order chi connectivity index (χ1) is 17.6. The van der Waals surface area contributed by atoms with E-state index in [4.69, 9.17) is 9.84 Å². The van der Waals surface area contributed by atoms with E-state index in [0.29, 0.717) is 12.8 Å². The van der Waals surface area contributed by atoms with Crippen LogP contribution < -0.4 is 0 Å². The maximum absolute atomic E-state index is 12.4. The zero-order chi connectivity index (χ0) is 26.5. The lowest BCUT2D eigenvalue weighted by atomic mass is 10.0. The minimum Gasteiger partial charge on any atom is -0.481 e. The van der Waals surface area contributed by atoms with E-state index in [0.717, 1.165) is 44.9 Å². The van der Waals surface area contributed by atoms with E-state index < -0.39 is 5.97 Å². The molecule has 0 heterocycles. The summed E-state index contributed by atoms with van der Waals surface area (Å²) < 4.78 is 5.87. The second kappa shape index (κ2) is 28.3. The number of aliphatic carboxylic acids is 1. The Morgan fingerprint density at radius 2 is 1.00 bits per heavy atom. The van der Waals surface area contributed by atoms with Gasteiger partial charge in [-0.3, -0.25) is 9.59 Å². The second-order valence-electron chi connectivity index (χ2n) is 10.6. The van der Waals surface area contributed by atoms with Crippen molar-refractivity contribution in [3.05, 3.63) is 12.2 Å². The lowest BCUT2D eigenvalue weighted by Crippen LogP contribution is -2.18. The third-order valence-electron chi connectivity index (χ3n) is 6.99. The lowest BCUT2D eigenvalue weighted by molar-refractivity contribution is -0.150. The Morgan fingerprint density at radius 3 is 1.56 bits per heavy atom. The summed E-state index contributed by atoms with van der Waals surface area (Å²) in [7, 11) is 0. The number of unbranched alkanes of at least 4 members (excludes halogenated alkanes) is 17. The summed E-state index contributed by atoms with van der Waals surface area (Å²) in [5.41, 5.74) is 0. The Hall–Kier alpha value is -1.32. The molecule has 0 aliphatic carbocycles. The molecule has 0 amide bonds. The van der Waals surface area contributed by atoms with Gasteiger partial charge in [0.05, 0.1) is 0 Å². The van der Waals surface area contributed by atoms with E-state index in [1.54, 1.807) is 0 Å². The zero-order valence-electron chi connectivity index (χ0n) is 24.1. The maximum atomic E-state index is 12.4. The number of carbonyl (C=O) groups excluding carboxylic acids is 1. The molecule has 1 N–H and O–H groups in total. The molecule has 0 rings (SSSR count). The standard InChI is InChI=1S/C32H60O4/c1-3-5-7-9-11-12-13-14-15-16-18-20-25-29-32(35)36-30(27-23-21-24-28-31(33)34)26-22-19-17-10-8-6-4-2/h12-13,30H,3-11,14-29H2,1-2H3,(H,33,34)/b13-12-. The Morgan fingerprint density at radius 1 is 0.583 bits per heavy atom. The molecule has 4 nitrogen and oxygen atoms in total. The first-order valence-corrected chi connectivity index (χ1v) is 15.7. The summed E-state index contributed by atoms with van der Waals surface area (Å²) in [5, 5.41) is 8.81. The number of carbonyl (C=O) groups is 2. The summed E-state index contributed by atoms with van der Waals surface area (Å²) in [5.74, 6) is -0.769. The number of ether oxygens (including phenoxy) is 1. The molecule has 0 aromatic carbocycles. The second-order valence-corrected chi connectivity index (χ2v) is 10.6. The molecule has 1 atom stereocenters. The minimum absolute atomic E-state index is 0.00623. The van der Waals surface area contributed by atoms with Crippen LogP contribution >= 0.6 is 0 Å². The fourth-order valence-electron chi connectivity index (χ4n) is 4.65. The fraction of sp³-hybridized carbons (Fsp3) is 0.875. The van der Waals surface area contributed by atoms with Crippen LogP contribution in [0.15, 0.2) is 12.2 Å². The van der Waals surface area contributed by atoms with Gasteiger partial charge in [0.2, 0.25) is 0 Å². The van der Waals surface area contributed by atoms with Gasteiger partial charge in [-0.2, -0.15) is 0 Å². The van der Waals surface area contributed by atoms with Gasteiger partial charge < -0.3 is 9.84 Å². The highest BCUT2D eigenvalue weighted by atomic mass is 16.5. The van der Waals surface area contributed by atoms with Crippen molar-refractivity contribution < 1.29 is 19.4 Å². The number of esters is 1. The van der Waals surface area contributed by atoms with E-state index >= 15 is 0 Å². The van der Waals surface area contributed by atoms with Gasteiger partial charge in [0, 0.05) is 12.8 Å². The largest absolute Gasteiger partial charge is 0.481 e. The Bertz CT molecular complexity index is 514. The van der Waals surface area contributed by atoms with Crippen molar-refractivity contribution in [2.24, 2.45) is 0 Å². The van der Waals surface area contributed by atoms with Gasteiger partial charge in [0.25, 0.3) is 0 Å². The van der Waals surface area contributed by atoms with E-state index in [2.05, 4.69) is 26.0 Å². The summed E-state index contributed by atoms with van der Waals surface area (Å²) >= 11 is 0. The van der Waals surface area contributed by atoms with Crippen molar-refractivity contribution in [2.75, 3.05) is 0 Å². The summed E-state index contributed by atoms with van der Waals surface area (Å²) in [4.78, 5) is 23.1. The highest BCUT2D eigenvalue weighted by Crippen LogP contribution is 2.18. The molecule has 1 unspecified atom stereocenters. The number of hydrogen-bond acceptors (Lipinski definition) is 3. The van der Waals surface area contributed by atoms with Crippen LogP contribution in [0.2, 0.25) is 0 Å². The maximum Gasteiger partial charge on any atom is 0.306 e. The molecule has 0 aliphatic rings. The van der Waals surface area contributed by atoms with Crippen LogP contribution in [-0.2, 0) is 14.3 Å². The first kappa shape index (κ1) is 34.7. The predicted octanol–water partition coefficient (Wildman–Crippen LogP) is 10.3. The minimum atomic E-state index is -0.727. The third-order valence-corrected chi connectivity index (χ3v) is 6.99. The van der Waals surface area contributed by atoms with E-state index in [-0.39, 0.29) is 18.5 Å². The summed E-state index contributed by atoms with van der Waals surface area (Å²) in [6.45, 7) is 4.49. The SMILES string of the molecule is CCCCCC/C=C\CCCCCCCC(=O)OC(CCCCCCCCC)CCCCCC(=O)O. The molecule has 0 bridgehead atoms. The van der Waals surface area contributed by atoms with Crippen LogP contribution in [0.4, 0.5) is 0 Å². The number of carboxylic acid groups (broad SMARTS) is 1. The highest BCUT2D eigenvalue weighted by molar-refractivity contribution is 5.69. The van der Waals surface area contributed by atoms with Crippen molar-refractivity contribution in [1.29, 1.82) is 0 Å². The Balaban J connectivity index is 3.95. The Kier molecular flexibility index (Phi) is 27.2. The van der Waals surface area contributed by atoms with Gasteiger partial charge in [-0.05, 0) is 64.2 Å². The van der Waals surface area contributed by atoms with Gasteiger partial charge in [-0.15, -0.1) is 0 Å². The van der Waals surface area contributed by atoms with E-state index in [1.807, 2.05) is 0 Å². The van der Waals surface area contributed by atoms with Gasteiger partial charge in [-0.25, -0.2) is 0 Å². The van der Waals surface area contributed by atoms with Crippen LogP contribution in [0, 0.1) is 0 Å². The van der Waals surface area contributed by atoms with Crippen molar-refractivity contribution in [3.8, 4) is 0 Å². The van der Waals surface area contributed by atoms with Crippen LogP contribution in [0.1, 0.15) is 174 Å². The van der Waals surface area contributed by atoms with Crippen molar-refractivity contribution in [3.63, 3.8) is 0 Å². The zero-order valence-corrected chi connectivity index (χ0v) is 24.1. The number of rotatable bonds is 28. The molecular formula is C32H60O4. The Labute approximate surface area is 224 Å². The average Bonchev–Trinajstić information content (AvgIpc) is 2.85. The highest BCUT2D eigenvalue weighted by Gasteiger charge is 2.14. The van der Waals surface area contributed by atoms with Crippen LogP contribution in [0.3, 0.4) is 0 Å². The van der Waals surface area contributed by atoms with Gasteiger partial charge in [0.1, 0.15) is 6.10 Å².